The van der Waals surface area contributed by atoms with Crippen molar-refractivity contribution < 1.29 is 4.79 Å². The molecular weight excluding hydrogens is 416 g/mol. The molecule has 0 spiro atoms. The van der Waals surface area contributed by atoms with Gasteiger partial charge in [0.05, 0.1) is 23.0 Å². The van der Waals surface area contributed by atoms with E-state index in [1.165, 1.54) is 11.8 Å². The first kappa shape index (κ1) is 20.3. The van der Waals surface area contributed by atoms with Gasteiger partial charge in [0, 0.05) is 12.1 Å². The SMILES string of the molecule is CCn1c(SCC(=O)N/N=C/c2c3ccccc3cc3ccccc23)nc2ccccc21. The summed E-state index contributed by atoms with van der Waals surface area (Å²) >= 11 is 1.42. The Bertz CT molecular complexity index is 1420. The van der Waals surface area contributed by atoms with Gasteiger partial charge in [-0.25, -0.2) is 10.4 Å². The van der Waals surface area contributed by atoms with Gasteiger partial charge in [0.25, 0.3) is 5.91 Å². The van der Waals surface area contributed by atoms with Crippen LogP contribution < -0.4 is 5.43 Å². The van der Waals surface area contributed by atoms with Gasteiger partial charge in [-0.15, -0.1) is 0 Å². The second-order valence-corrected chi connectivity index (χ2v) is 8.38. The van der Waals surface area contributed by atoms with E-state index in [0.717, 1.165) is 49.8 Å². The largest absolute Gasteiger partial charge is 0.319 e. The summed E-state index contributed by atoms with van der Waals surface area (Å²) in [5, 5.41) is 9.62. The van der Waals surface area contributed by atoms with E-state index in [2.05, 4.69) is 63.4 Å². The van der Waals surface area contributed by atoms with Crippen molar-refractivity contribution in [1.29, 1.82) is 0 Å². The molecule has 0 saturated heterocycles. The molecule has 0 bridgehead atoms. The summed E-state index contributed by atoms with van der Waals surface area (Å²) in [6, 6.07) is 26.6. The number of hydrogen-bond donors (Lipinski definition) is 1. The van der Waals surface area contributed by atoms with Gasteiger partial charge in [-0.3, -0.25) is 4.79 Å². The molecule has 1 amide bonds. The molecule has 1 aromatic heterocycles. The number of carbonyl (C=O) groups excluding carboxylic acids is 1. The van der Waals surface area contributed by atoms with Crippen molar-refractivity contribution in [2.24, 2.45) is 5.10 Å². The molecule has 0 aliphatic carbocycles. The first-order chi connectivity index (χ1) is 15.7. The Kier molecular flexibility index (Phi) is 5.60. The highest BCUT2D eigenvalue weighted by Gasteiger charge is 2.11. The average molecular weight is 439 g/mol. The third-order valence-electron chi connectivity index (χ3n) is 5.46. The highest BCUT2D eigenvalue weighted by Crippen LogP contribution is 2.27. The number of hydrogen-bond acceptors (Lipinski definition) is 4. The lowest BCUT2D eigenvalue weighted by molar-refractivity contribution is -0.118. The maximum atomic E-state index is 12.5. The molecule has 5 aromatic rings. The summed E-state index contributed by atoms with van der Waals surface area (Å²) in [5.74, 6) is 0.0854. The number of amides is 1. The van der Waals surface area contributed by atoms with Crippen molar-refractivity contribution in [2.45, 2.75) is 18.6 Å². The monoisotopic (exact) mass is 438 g/mol. The van der Waals surface area contributed by atoms with Gasteiger partial charge >= 0.3 is 0 Å². The van der Waals surface area contributed by atoms with E-state index in [-0.39, 0.29) is 11.7 Å². The average Bonchev–Trinajstić information content (AvgIpc) is 3.19. The fourth-order valence-corrected chi connectivity index (χ4v) is 4.86. The number of thioether (sulfide) groups is 1. The van der Waals surface area contributed by atoms with Gasteiger partial charge in [0.2, 0.25) is 0 Å². The Hall–Kier alpha value is -3.64. The zero-order valence-corrected chi connectivity index (χ0v) is 18.5. The van der Waals surface area contributed by atoms with Crippen LogP contribution in [0.3, 0.4) is 0 Å². The minimum atomic E-state index is -0.162. The van der Waals surface area contributed by atoms with Crippen LogP contribution in [0.15, 0.2) is 89.1 Å². The van der Waals surface area contributed by atoms with E-state index in [0.29, 0.717) is 0 Å². The van der Waals surface area contributed by atoms with E-state index in [1.807, 2.05) is 42.5 Å². The summed E-state index contributed by atoms with van der Waals surface area (Å²) in [5.41, 5.74) is 5.70. The molecule has 0 saturated carbocycles. The minimum absolute atomic E-state index is 0.162. The Balaban J connectivity index is 1.33. The molecule has 5 nitrogen and oxygen atoms in total. The summed E-state index contributed by atoms with van der Waals surface area (Å²) in [4.78, 5) is 17.1. The van der Waals surface area contributed by atoms with Crippen LogP contribution in [0, 0.1) is 0 Å². The number of nitrogens with zero attached hydrogens (tertiary/aromatic N) is 3. The number of carbonyl (C=O) groups is 1. The number of imidazole rings is 1. The standard InChI is InChI=1S/C26H22N4OS/c1-2-30-24-14-8-7-13-23(24)28-26(30)32-17-25(31)29-27-16-22-20-11-5-3-9-18(20)15-19-10-4-6-12-21(19)22/h3-16H,2,17H2,1H3,(H,29,31)/b27-16+. The number of benzene rings is 4. The predicted octanol–water partition coefficient (Wildman–Crippen LogP) is 5.61. The quantitative estimate of drug-likeness (QED) is 0.162. The molecule has 0 radical (unpaired) electrons. The van der Waals surface area contributed by atoms with Crippen molar-refractivity contribution >= 4 is 56.5 Å². The lowest BCUT2D eigenvalue weighted by Crippen LogP contribution is -2.20. The minimum Gasteiger partial charge on any atom is -0.319 e. The normalized spacial score (nSPS) is 11.7. The van der Waals surface area contributed by atoms with Crippen LogP contribution in [0.1, 0.15) is 12.5 Å². The van der Waals surface area contributed by atoms with Crippen LogP contribution in [0.25, 0.3) is 32.6 Å². The third kappa shape index (κ3) is 3.85. The topological polar surface area (TPSA) is 59.3 Å². The number of para-hydroxylation sites is 2. The van der Waals surface area contributed by atoms with Gasteiger partial charge < -0.3 is 4.57 Å². The molecule has 1 N–H and O–H groups in total. The Morgan fingerprint density at radius 3 is 2.38 bits per heavy atom. The number of aryl methyl sites for hydroxylation is 1. The molecule has 0 unspecified atom stereocenters. The van der Waals surface area contributed by atoms with E-state index in [4.69, 9.17) is 0 Å². The van der Waals surface area contributed by atoms with Crippen molar-refractivity contribution in [3.63, 3.8) is 0 Å². The third-order valence-corrected chi connectivity index (χ3v) is 6.44. The van der Waals surface area contributed by atoms with E-state index >= 15 is 0 Å². The first-order valence-corrected chi connectivity index (χ1v) is 11.5. The molecular formula is C26H22N4OS. The second kappa shape index (κ2) is 8.85. The maximum Gasteiger partial charge on any atom is 0.250 e. The van der Waals surface area contributed by atoms with E-state index < -0.39 is 0 Å². The molecule has 0 aliphatic heterocycles. The number of hydrazone groups is 1. The van der Waals surface area contributed by atoms with Gasteiger partial charge in [-0.2, -0.15) is 5.10 Å². The lowest BCUT2D eigenvalue weighted by atomic mass is 9.97. The van der Waals surface area contributed by atoms with Crippen LogP contribution in [0.2, 0.25) is 0 Å². The molecule has 6 heteroatoms. The smallest absolute Gasteiger partial charge is 0.250 e. The molecule has 5 rings (SSSR count). The van der Waals surface area contributed by atoms with E-state index in [1.54, 1.807) is 6.21 Å². The van der Waals surface area contributed by atoms with Gasteiger partial charge in [-0.05, 0) is 46.7 Å². The number of nitrogens with one attached hydrogen (secondary N) is 1. The highest BCUT2D eigenvalue weighted by atomic mass is 32.2. The Morgan fingerprint density at radius 1 is 1.00 bits per heavy atom. The molecule has 0 aliphatic rings. The van der Waals surface area contributed by atoms with Crippen LogP contribution in [0.5, 0.6) is 0 Å². The summed E-state index contributed by atoms with van der Waals surface area (Å²) < 4.78 is 2.12. The first-order valence-electron chi connectivity index (χ1n) is 10.5. The van der Waals surface area contributed by atoms with Crippen molar-refractivity contribution in [1.82, 2.24) is 15.0 Å². The Labute approximate surface area is 190 Å². The molecule has 158 valence electrons. The van der Waals surface area contributed by atoms with Crippen molar-refractivity contribution in [3.05, 3.63) is 84.4 Å². The van der Waals surface area contributed by atoms with Crippen LogP contribution >= 0.6 is 11.8 Å². The fourth-order valence-electron chi connectivity index (χ4n) is 3.99. The molecule has 1 heterocycles. The van der Waals surface area contributed by atoms with Gasteiger partial charge in [0.15, 0.2) is 5.16 Å². The number of rotatable bonds is 6. The van der Waals surface area contributed by atoms with Crippen LogP contribution in [0.4, 0.5) is 0 Å². The highest BCUT2D eigenvalue weighted by molar-refractivity contribution is 7.99. The zero-order valence-electron chi connectivity index (χ0n) is 17.7. The second-order valence-electron chi connectivity index (χ2n) is 7.44. The van der Waals surface area contributed by atoms with Gasteiger partial charge in [0.1, 0.15) is 0 Å². The van der Waals surface area contributed by atoms with E-state index in [9.17, 15) is 4.79 Å². The molecule has 32 heavy (non-hydrogen) atoms. The van der Waals surface area contributed by atoms with Crippen molar-refractivity contribution in [3.8, 4) is 0 Å². The summed E-state index contributed by atoms with van der Waals surface area (Å²) in [6.07, 6.45) is 1.74. The maximum absolute atomic E-state index is 12.5. The summed E-state index contributed by atoms with van der Waals surface area (Å²) in [7, 11) is 0. The molecule has 4 aromatic carbocycles. The van der Waals surface area contributed by atoms with Crippen molar-refractivity contribution in [2.75, 3.05) is 5.75 Å². The van der Waals surface area contributed by atoms with Crippen LogP contribution in [-0.4, -0.2) is 27.4 Å². The number of aromatic nitrogens is 2. The number of fused-ring (bicyclic) bond motifs is 3. The van der Waals surface area contributed by atoms with Crippen LogP contribution in [-0.2, 0) is 11.3 Å². The lowest BCUT2D eigenvalue weighted by Gasteiger charge is -2.08. The zero-order chi connectivity index (χ0) is 21.9. The molecule has 0 fully saturated rings. The van der Waals surface area contributed by atoms with Gasteiger partial charge in [-0.1, -0.05) is 72.4 Å². The molecule has 0 atom stereocenters. The fraction of sp³-hybridized carbons (Fsp3) is 0.115. The predicted molar refractivity (Wildman–Crippen MR) is 133 cm³/mol. The summed E-state index contributed by atoms with van der Waals surface area (Å²) in [6.45, 7) is 2.88. The Morgan fingerprint density at radius 2 is 1.66 bits per heavy atom.